The number of hydrogen-bond acceptors (Lipinski definition) is 3. The van der Waals surface area contributed by atoms with Gasteiger partial charge >= 0.3 is 5.51 Å². The minimum atomic E-state index is -5.19. The highest BCUT2D eigenvalue weighted by Gasteiger charge is 2.44. The van der Waals surface area contributed by atoms with Gasteiger partial charge in [-0.05, 0) is 42.6 Å². The lowest BCUT2D eigenvalue weighted by atomic mass is 9.96. The number of halogens is 5. The van der Waals surface area contributed by atoms with Crippen LogP contribution in [0.15, 0.2) is 42.5 Å². The van der Waals surface area contributed by atoms with Gasteiger partial charge < -0.3 is 5.32 Å². The van der Waals surface area contributed by atoms with Crippen LogP contribution in [0.2, 0.25) is 0 Å². The van der Waals surface area contributed by atoms with E-state index in [1.54, 1.807) is 12.1 Å². The summed E-state index contributed by atoms with van der Waals surface area (Å²) in [4.78, 5) is 0. The molecule has 3 N–H and O–H groups in total. The smallest absolute Gasteiger partial charge is 0.312 e. The zero-order valence-corrected chi connectivity index (χ0v) is 15.3. The SMILES string of the molecule is N=S(=O)(N[C@H]1CCN[C@H]1Cc1cccc(-c2cccc(F)c2)c1F)C(F)(F)F. The van der Waals surface area contributed by atoms with Crippen LogP contribution >= 0.6 is 0 Å². The first-order valence-electron chi connectivity index (χ1n) is 8.47. The van der Waals surface area contributed by atoms with Crippen LogP contribution in [0.25, 0.3) is 11.1 Å². The highest BCUT2D eigenvalue weighted by Crippen LogP contribution is 2.28. The van der Waals surface area contributed by atoms with Crippen LogP contribution in [-0.2, 0) is 16.3 Å². The van der Waals surface area contributed by atoms with E-state index in [4.69, 9.17) is 4.78 Å². The average Bonchev–Trinajstić information content (AvgIpc) is 3.02. The highest BCUT2D eigenvalue weighted by molar-refractivity contribution is 7.91. The molecule has 0 amide bonds. The van der Waals surface area contributed by atoms with Crippen LogP contribution in [0.3, 0.4) is 0 Å². The van der Waals surface area contributed by atoms with Gasteiger partial charge in [0.1, 0.15) is 11.6 Å². The molecule has 0 bridgehead atoms. The van der Waals surface area contributed by atoms with Crippen molar-refractivity contribution in [2.75, 3.05) is 6.54 Å². The van der Waals surface area contributed by atoms with E-state index in [0.29, 0.717) is 12.1 Å². The van der Waals surface area contributed by atoms with E-state index in [1.807, 2.05) is 4.72 Å². The van der Waals surface area contributed by atoms with Crippen molar-refractivity contribution in [1.29, 1.82) is 4.78 Å². The Labute approximate surface area is 159 Å². The van der Waals surface area contributed by atoms with Crippen molar-refractivity contribution in [3.05, 3.63) is 59.7 Å². The van der Waals surface area contributed by atoms with Crippen molar-refractivity contribution in [3.8, 4) is 11.1 Å². The lowest BCUT2D eigenvalue weighted by Gasteiger charge is -2.23. The third-order valence-corrected chi connectivity index (χ3v) is 5.93. The molecule has 1 saturated heterocycles. The summed E-state index contributed by atoms with van der Waals surface area (Å²) in [6, 6.07) is 8.48. The number of rotatable bonds is 5. The van der Waals surface area contributed by atoms with Crippen molar-refractivity contribution >= 4 is 9.92 Å². The molecule has 152 valence electrons. The summed E-state index contributed by atoms with van der Waals surface area (Å²) in [5.74, 6) is -1.11. The second kappa shape index (κ2) is 7.76. The van der Waals surface area contributed by atoms with Crippen LogP contribution in [0.4, 0.5) is 22.0 Å². The Kier molecular flexibility index (Phi) is 5.74. The molecule has 1 heterocycles. The maximum Gasteiger partial charge on any atom is 0.492 e. The maximum atomic E-state index is 15.0. The summed E-state index contributed by atoms with van der Waals surface area (Å²) >= 11 is 0. The standard InChI is InChI=1S/C18H18F5N3OS/c19-13-5-1-3-11(9-13)14-6-2-4-12(17(14)20)10-16-15(7-8-25-16)26-28(24,27)18(21,22)23/h1-6,9,15-16,25H,7-8,10H2,(H2,24,26,27)/t15-,16-,28?/m0/s1. The largest absolute Gasteiger partial charge is 0.492 e. The highest BCUT2D eigenvalue weighted by atomic mass is 32.2. The predicted octanol–water partition coefficient (Wildman–Crippen LogP) is 3.98. The molecule has 2 aromatic rings. The number of hydrogen-bond donors (Lipinski definition) is 3. The molecule has 1 aliphatic rings. The zero-order valence-electron chi connectivity index (χ0n) is 14.5. The Morgan fingerprint density at radius 3 is 2.57 bits per heavy atom. The summed E-state index contributed by atoms with van der Waals surface area (Å²) < 4.78 is 87.2. The third kappa shape index (κ3) is 4.34. The molecular formula is C18H18F5N3OS. The number of nitrogens with one attached hydrogen (secondary N) is 3. The first-order chi connectivity index (χ1) is 13.1. The molecule has 1 unspecified atom stereocenters. The quantitative estimate of drug-likeness (QED) is 0.642. The first-order valence-corrected chi connectivity index (χ1v) is 10.0. The van der Waals surface area contributed by atoms with Gasteiger partial charge in [-0.3, -0.25) is 0 Å². The molecule has 3 rings (SSSR count). The summed E-state index contributed by atoms with van der Waals surface area (Å²) in [5.41, 5.74) is -4.43. The zero-order chi connectivity index (χ0) is 20.5. The predicted molar refractivity (Wildman–Crippen MR) is 95.7 cm³/mol. The van der Waals surface area contributed by atoms with Crippen LogP contribution in [0.1, 0.15) is 12.0 Å². The second-order valence-electron chi connectivity index (χ2n) is 6.57. The van der Waals surface area contributed by atoms with Gasteiger partial charge in [-0.25, -0.2) is 22.5 Å². The van der Waals surface area contributed by atoms with Crippen molar-refractivity contribution < 1.29 is 26.2 Å². The Bertz CT molecular complexity index is 962. The van der Waals surface area contributed by atoms with Gasteiger partial charge in [0.15, 0.2) is 0 Å². The molecule has 2 aromatic carbocycles. The fourth-order valence-electron chi connectivity index (χ4n) is 3.26. The number of benzene rings is 2. The lowest BCUT2D eigenvalue weighted by molar-refractivity contribution is -0.0420. The van der Waals surface area contributed by atoms with E-state index < -0.39 is 39.1 Å². The third-order valence-electron chi connectivity index (χ3n) is 4.64. The van der Waals surface area contributed by atoms with Crippen LogP contribution in [0.5, 0.6) is 0 Å². The second-order valence-corrected chi connectivity index (χ2v) is 8.38. The van der Waals surface area contributed by atoms with E-state index in [0.717, 1.165) is 0 Å². The normalized spacial score (nSPS) is 22.2. The van der Waals surface area contributed by atoms with Crippen molar-refractivity contribution in [2.45, 2.75) is 30.4 Å². The van der Waals surface area contributed by atoms with E-state index in [2.05, 4.69) is 5.32 Å². The van der Waals surface area contributed by atoms with E-state index in [9.17, 15) is 26.2 Å². The van der Waals surface area contributed by atoms with Crippen LogP contribution in [-0.4, -0.2) is 28.3 Å². The first kappa shape index (κ1) is 20.7. The molecule has 4 nitrogen and oxygen atoms in total. The molecule has 0 aliphatic carbocycles. The van der Waals surface area contributed by atoms with Gasteiger partial charge in [0.05, 0.1) is 0 Å². The molecule has 0 aromatic heterocycles. The van der Waals surface area contributed by atoms with Crippen molar-refractivity contribution in [3.63, 3.8) is 0 Å². The van der Waals surface area contributed by atoms with Crippen LogP contribution < -0.4 is 10.0 Å². The monoisotopic (exact) mass is 419 g/mol. The fraction of sp³-hybridized carbons (Fsp3) is 0.333. The van der Waals surface area contributed by atoms with Gasteiger partial charge in [-0.15, -0.1) is 0 Å². The Morgan fingerprint density at radius 2 is 1.89 bits per heavy atom. The molecule has 1 fully saturated rings. The minimum absolute atomic E-state index is 0.0278. The molecule has 28 heavy (non-hydrogen) atoms. The minimum Gasteiger partial charge on any atom is -0.312 e. The van der Waals surface area contributed by atoms with E-state index >= 15 is 0 Å². The van der Waals surface area contributed by atoms with Crippen molar-refractivity contribution in [1.82, 2.24) is 10.0 Å². The van der Waals surface area contributed by atoms with Gasteiger partial charge in [-0.1, -0.05) is 30.3 Å². The molecule has 1 aliphatic heterocycles. The molecular weight excluding hydrogens is 401 g/mol. The molecule has 3 atom stereocenters. The summed E-state index contributed by atoms with van der Waals surface area (Å²) in [6.45, 7) is 0.348. The summed E-state index contributed by atoms with van der Waals surface area (Å²) in [7, 11) is -5.00. The van der Waals surface area contributed by atoms with Gasteiger partial charge in [0, 0.05) is 17.6 Å². The summed E-state index contributed by atoms with van der Waals surface area (Å²) in [5, 5.41) is 2.96. The summed E-state index contributed by atoms with van der Waals surface area (Å²) in [6.07, 6.45) is 0.252. The molecule has 0 radical (unpaired) electrons. The average molecular weight is 419 g/mol. The Morgan fingerprint density at radius 1 is 1.18 bits per heavy atom. The fourth-order valence-corrected chi connectivity index (χ4v) is 4.10. The Balaban J connectivity index is 1.83. The Hall–Kier alpha value is -2.04. The maximum absolute atomic E-state index is 15.0. The lowest BCUT2D eigenvalue weighted by Crippen LogP contribution is -2.48. The molecule has 0 saturated carbocycles. The van der Waals surface area contributed by atoms with Crippen molar-refractivity contribution in [2.24, 2.45) is 0 Å². The van der Waals surface area contributed by atoms with E-state index in [1.165, 1.54) is 30.3 Å². The number of alkyl halides is 3. The molecule has 10 heteroatoms. The van der Waals surface area contributed by atoms with Gasteiger partial charge in [-0.2, -0.15) is 13.2 Å². The van der Waals surface area contributed by atoms with Crippen LogP contribution in [0, 0.1) is 16.4 Å². The van der Waals surface area contributed by atoms with E-state index in [-0.39, 0.29) is 24.0 Å². The molecule has 0 spiro atoms. The van der Waals surface area contributed by atoms with Gasteiger partial charge in [0.2, 0.25) is 9.92 Å². The van der Waals surface area contributed by atoms with Gasteiger partial charge in [0.25, 0.3) is 0 Å². The topological polar surface area (TPSA) is 65.0 Å².